The van der Waals surface area contributed by atoms with Crippen molar-refractivity contribution in [1.29, 1.82) is 0 Å². The summed E-state index contributed by atoms with van der Waals surface area (Å²) in [5.41, 5.74) is 1.16. The zero-order valence-corrected chi connectivity index (χ0v) is 15.1. The van der Waals surface area contributed by atoms with Crippen LogP contribution in [0.15, 0.2) is 54.6 Å². The fourth-order valence-electron chi connectivity index (χ4n) is 2.31. The molecule has 0 aliphatic rings. The average molecular weight is 387 g/mol. The number of anilines is 2. The number of amides is 1. The van der Waals surface area contributed by atoms with Gasteiger partial charge in [0, 0.05) is 17.8 Å². The summed E-state index contributed by atoms with van der Waals surface area (Å²) < 4.78 is 18.7. The molecule has 3 aromatic rings. The third-order valence-electron chi connectivity index (χ3n) is 3.72. The number of nitrogens with zero attached hydrogens (tertiary/aromatic N) is 2. The first-order valence-electron chi connectivity index (χ1n) is 8.02. The Morgan fingerprint density at radius 1 is 1.15 bits per heavy atom. The summed E-state index contributed by atoms with van der Waals surface area (Å²) in [6, 6.07) is 14.5. The highest BCUT2D eigenvalue weighted by Gasteiger charge is 2.10. The molecule has 0 saturated heterocycles. The van der Waals surface area contributed by atoms with E-state index in [1.54, 1.807) is 42.5 Å². The van der Waals surface area contributed by atoms with Gasteiger partial charge in [-0.15, -0.1) is 10.2 Å². The third-order valence-corrected chi connectivity index (χ3v) is 4.02. The Hall–Kier alpha value is -3.19. The molecule has 1 aromatic heterocycles. The second-order valence-corrected chi connectivity index (χ2v) is 5.96. The normalized spacial score (nSPS) is 10.3. The molecule has 0 fully saturated rings. The topological polar surface area (TPSA) is 76.1 Å². The highest BCUT2D eigenvalue weighted by Crippen LogP contribution is 2.27. The lowest BCUT2D eigenvalue weighted by molar-refractivity contribution is 0.102. The monoisotopic (exact) mass is 386 g/mol. The zero-order valence-electron chi connectivity index (χ0n) is 14.4. The van der Waals surface area contributed by atoms with Crippen LogP contribution in [0.3, 0.4) is 0 Å². The molecule has 2 aromatic carbocycles. The van der Waals surface area contributed by atoms with Crippen molar-refractivity contribution >= 4 is 29.0 Å². The molecule has 138 valence electrons. The molecule has 27 heavy (non-hydrogen) atoms. The lowest BCUT2D eigenvalue weighted by atomic mass is 10.2. The van der Waals surface area contributed by atoms with Crippen LogP contribution in [0.2, 0.25) is 5.02 Å². The van der Waals surface area contributed by atoms with E-state index in [-0.39, 0.29) is 18.1 Å². The molecular formula is C19H16ClFN4O2. The number of hydrogen-bond donors (Lipinski definition) is 2. The van der Waals surface area contributed by atoms with E-state index in [9.17, 15) is 9.18 Å². The van der Waals surface area contributed by atoms with E-state index < -0.39 is 5.91 Å². The summed E-state index contributed by atoms with van der Waals surface area (Å²) in [4.78, 5) is 12.3. The van der Waals surface area contributed by atoms with Crippen molar-refractivity contribution in [2.45, 2.75) is 6.54 Å². The number of nitrogens with one attached hydrogen (secondary N) is 2. The van der Waals surface area contributed by atoms with Gasteiger partial charge in [0.25, 0.3) is 5.91 Å². The Balaban J connectivity index is 1.62. The number of methoxy groups -OCH3 is 1. The molecule has 0 radical (unpaired) electrons. The van der Waals surface area contributed by atoms with Gasteiger partial charge in [0.2, 0.25) is 0 Å². The number of hydrogen-bond acceptors (Lipinski definition) is 5. The summed E-state index contributed by atoms with van der Waals surface area (Å²) in [5, 5.41) is 13.9. The minimum atomic E-state index is -0.426. The van der Waals surface area contributed by atoms with Crippen molar-refractivity contribution in [2.24, 2.45) is 0 Å². The molecule has 1 amide bonds. The highest BCUT2D eigenvalue weighted by atomic mass is 35.5. The number of aromatic nitrogens is 2. The SMILES string of the molecule is COc1ccc(NC(=O)c2ccc(NCc3ccccc3F)nn2)cc1Cl. The number of halogens is 2. The van der Waals surface area contributed by atoms with Crippen LogP contribution in [-0.2, 0) is 6.54 Å². The molecule has 6 nitrogen and oxygen atoms in total. The summed E-state index contributed by atoms with van der Waals surface area (Å²) in [6.45, 7) is 0.261. The van der Waals surface area contributed by atoms with Crippen molar-refractivity contribution < 1.29 is 13.9 Å². The van der Waals surface area contributed by atoms with Gasteiger partial charge in [-0.1, -0.05) is 29.8 Å². The van der Waals surface area contributed by atoms with Crippen LogP contribution in [0.4, 0.5) is 15.9 Å². The standard InChI is InChI=1S/C19H16ClFN4O2/c1-27-17-8-6-13(10-14(17)20)23-19(26)16-7-9-18(25-24-16)22-11-12-4-2-3-5-15(12)21/h2-10H,11H2,1H3,(H,22,25)(H,23,26). The molecule has 2 N–H and O–H groups in total. The Labute approximate surface area is 160 Å². The number of benzene rings is 2. The van der Waals surface area contributed by atoms with Crippen LogP contribution >= 0.6 is 11.6 Å². The molecule has 0 atom stereocenters. The number of rotatable bonds is 6. The summed E-state index contributed by atoms with van der Waals surface area (Å²) in [6.07, 6.45) is 0. The molecule has 0 aliphatic carbocycles. The van der Waals surface area contributed by atoms with Crippen molar-refractivity contribution in [3.63, 3.8) is 0 Å². The van der Waals surface area contributed by atoms with Crippen LogP contribution in [0.5, 0.6) is 5.75 Å². The minimum Gasteiger partial charge on any atom is -0.495 e. The Bertz CT molecular complexity index is 951. The van der Waals surface area contributed by atoms with Crippen molar-refractivity contribution in [2.75, 3.05) is 17.7 Å². The fourth-order valence-corrected chi connectivity index (χ4v) is 2.57. The van der Waals surface area contributed by atoms with Gasteiger partial charge in [0.05, 0.1) is 12.1 Å². The fraction of sp³-hybridized carbons (Fsp3) is 0.105. The van der Waals surface area contributed by atoms with Gasteiger partial charge in [-0.3, -0.25) is 4.79 Å². The molecule has 8 heteroatoms. The first-order chi connectivity index (χ1) is 13.1. The second-order valence-electron chi connectivity index (χ2n) is 5.55. The number of carbonyl (C=O) groups is 1. The smallest absolute Gasteiger partial charge is 0.276 e. The first kappa shape index (κ1) is 18.6. The highest BCUT2D eigenvalue weighted by molar-refractivity contribution is 6.32. The van der Waals surface area contributed by atoms with Crippen LogP contribution in [0, 0.1) is 5.82 Å². The maximum atomic E-state index is 13.6. The molecule has 0 spiro atoms. The number of carbonyl (C=O) groups excluding carboxylic acids is 1. The predicted octanol–water partition coefficient (Wildman–Crippen LogP) is 4.14. The van der Waals surface area contributed by atoms with Gasteiger partial charge in [-0.2, -0.15) is 0 Å². The number of ether oxygens (including phenoxy) is 1. The second kappa shape index (κ2) is 8.46. The van der Waals surface area contributed by atoms with Gasteiger partial charge < -0.3 is 15.4 Å². The Morgan fingerprint density at radius 2 is 1.96 bits per heavy atom. The summed E-state index contributed by atoms with van der Waals surface area (Å²) in [7, 11) is 1.51. The molecule has 1 heterocycles. The first-order valence-corrected chi connectivity index (χ1v) is 8.40. The van der Waals surface area contributed by atoms with Crippen molar-refractivity contribution in [1.82, 2.24) is 10.2 Å². The van der Waals surface area contributed by atoms with E-state index >= 15 is 0 Å². The summed E-state index contributed by atoms with van der Waals surface area (Å²) >= 11 is 6.04. The van der Waals surface area contributed by atoms with Gasteiger partial charge in [-0.05, 0) is 36.4 Å². The maximum Gasteiger partial charge on any atom is 0.276 e. The minimum absolute atomic E-state index is 0.137. The van der Waals surface area contributed by atoms with Crippen LogP contribution in [-0.4, -0.2) is 23.2 Å². The van der Waals surface area contributed by atoms with E-state index in [0.717, 1.165) is 0 Å². The molecular weight excluding hydrogens is 371 g/mol. The van der Waals surface area contributed by atoms with E-state index in [1.165, 1.54) is 19.2 Å². The molecule has 3 rings (SSSR count). The van der Waals surface area contributed by atoms with Crippen molar-refractivity contribution in [3.05, 3.63) is 76.7 Å². The van der Waals surface area contributed by atoms with E-state index in [4.69, 9.17) is 16.3 Å². The van der Waals surface area contributed by atoms with E-state index in [1.807, 2.05) is 0 Å². The van der Waals surface area contributed by atoms with Gasteiger partial charge in [0.1, 0.15) is 17.4 Å². The average Bonchev–Trinajstić information content (AvgIpc) is 2.68. The largest absolute Gasteiger partial charge is 0.495 e. The molecule has 0 saturated carbocycles. The summed E-state index contributed by atoms with van der Waals surface area (Å²) in [5.74, 6) is 0.221. The van der Waals surface area contributed by atoms with Crippen molar-refractivity contribution in [3.8, 4) is 5.75 Å². The molecule has 0 unspecified atom stereocenters. The lowest BCUT2D eigenvalue weighted by Crippen LogP contribution is -2.15. The Morgan fingerprint density at radius 3 is 2.63 bits per heavy atom. The van der Waals surface area contributed by atoms with Crippen LogP contribution in [0.1, 0.15) is 16.1 Å². The van der Waals surface area contributed by atoms with E-state index in [0.29, 0.717) is 27.8 Å². The predicted molar refractivity (Wildman–Crippen MR) is 102 cm³/mol. The van der Waals surface area contributed by atoms with Crippen LogP contribution < -0.4 is 15.4 Å². The molecule has 0 aliphatic heterocycles. The van der Waals surface area contributed by atoms with Gasteiger partial charge >= 0.3 is 0 Å². The van der Waals surface area contributed by atoms with Crippen LogP contribution in [0.25, 0.3) is 0 Å². The zero-order chi connectivity index (χ0) is 19.2. The lowest BCUT2D eigenvalue weighted by Gasteiger charge is -2.08. The molecule has 0 bridgehead atoms. The van der Waals surface area contributed by atoms with Gasteiger partial charge in [-0.25, -0.2) is 4.39 Å². The quantitative estimate of drug-likeness (QED) is 0.665. The van der Waals surface area contributed by atoms with E-state index in [2.05, 4.69) is 20.8 Å². The Kier molecular flexibility index (Phi) is 5.83. The maximum absolute atomic E-state index is 13.6. The van der Waals surface area contributed by atoms with Gasteiger partial charge in [0.15, 0.2) is 5.69 Å². The third kappa shape index (κ3) is 4.71.